The minimum Gasteiger partial charge on any atom is -0.396 e. The molecule has 0 radical (unpaired) electrons. The van der Waals surface area contributed by atoms with Gasteiger partial charge in [-0.1, -0.05) is 17.7 Å². The van der Waals surface area contributed by atoms with E-state index >= 15 is 0 Å². The van der Waals surface area contributed by atoms with Crippen LogP contribution in [0.5, 0.6) is 0 Å². The topological polar surface area (TPSA) is 48.9 Å². The average molecular weight is 230 g/mol. The van der Waals surface area contributed by atoms with Gasteiger partial charge in [0.05, 0.1) is 18.5 Å². The maximum Gasteiger partial charge on any atom is 0.108 e. The Morgan fingerprint density at radius 2 is 1.82 bits per heavy atom. The van der Waals surface area contributed by atoms with Crippen LogP contribution in [0.3, 0.4) is 0 Å². The lowest BCUT2D eigenvalue weighted by molar-refractivity contribution is 0.297. The number of hydrogen-bond acceptors (Lipinski definition) is 2. The van der Waals surface area contributed by atoms with Gasteiger partial charge in [0.2, 0.25) is 0 Å². The molecule has 17 heavy (non-hydrogen) atoms. The Morgan fingerprint density at radius 3 is 2.41 bits per heavy atom. The van der Waals surface area contributed by atoms with Crippen molar-refractivity contribution in [3.63, 3.8) is 0 Å². The van der Waals surface area contributed by atoms with Gasteiger partial charge in [-0.25, -0.2) is 4.98 Å². The standard InChI is InChI=1S/C14H18N2O/c1-9-6-10(2)14(11(3)7-9)12-8-15-13(16-12)4-5-17/h6-8,17H,4-5H2,1-3H3,(H,15,16). The zero-order valence-corrected chi connectivity index (χ0v) is 10.5. The number of H-pyrrole nitrogens is 1. The highest BCUT2D eigenvalue weighted by atomic mass is 16.3. The second-order valence-corrected chi connectivity index (χ2v) is 4.49. The van der Waals surface area contributed by atoms with Crippen LogP contribution >= 0.6 is 0 Å². The number of aryl methyl sites for hydroxylation is 3. The minimum atomic E-state index is 0.124. The smallest absolute Gasteiger partial charge is 0.108 e. The minimum absolute atomic E-state index is 0.124. The van der Waals surface area contributed by atoms with Crippen molar-refractivity contribution >= 4 is 0 Å². The Kier molecular flexibility index (Phi) is 3.29. The first kappa shape index (κ1) is 11.9. The van der Waals surface area contributed by atoms with Gasteiger partial charge >= 0.3 is 0 Å². The molecule has 90 valence electrons. The number of benzene rings is 1. The van der Waals surface area contributed by atoms with Crippen LogP contribution in [0.15, 0.2) is 18.3 Å². The highest BCUT2D eigenvalue weighted by Crippen LogP contribution is 2.26. The van der Waals surface area contributed by atoms with Gasteiger partial charge in [-0.05, 0) is 31.9 Å². The maximum absolute atomic E-state index is 8.89. The summed E-state index contributed by atoms with van der Waals surface area (Å²) < 4.78 is 0. The first-order valence-electron chi connectivity index (χ1n) is 5.84. The summed E-state index contributed by atoms with van der Waals surface area (Å²) in [6.07, 6.45) is 2.42. The van der Waals surface area contributed by atoms with E-state index in [1.165, 1.54) is 22.3 Å². The van der Waals surface area contributed by atoms with Gasteiger partial charge in [-0.2, -0.15) is 0 Å². The van der Waals surface area contributed by atoms with Gasteiger partial charge in [0.1, 0.15) is 5.82 Å². The van der Waals surface area contributed by atoms with Gasteiger partial charge in [0, 0.05) is 12.0 Å². The molecule has 0 bridgehead atoms. The molecule has 2 rings (SSSR count). The first-order chi connectivity index (χ1) is 8.11. The summed E-state index contributed by atoms with van der Waals surface area (Å²) in [6, 6.07) is 4.35. The molecule has 0 aliphatic carbocycles. The lowest BCUT2D eigenvalue weighted by Crippen LogP contribution is -1.94. The molecule has 3 heteroatoms. The van der Waals surface area contributed by atoms with Crippen molar-refractivity contribution in [2.75, 3.05) is 6.61 Å². The zero-order chi connectivity index (χ0) is 12.4. The molecule has 1 heterocycles. The molecule has 1 aromatic heterocycles. The molecule has 0 atom stereocenters. The molecule has 2 N–H and O–H groups in total. The Balaban J connectivity index is 2.45. The summed E-state index contributed by atoms with van der Waals surface area (Å²) in [6.45, 7) is 6.45. The van der Waals surface area contributed by atoms with Crippen molar-refractivity contribution in [1.29, 1.82) is 0 Å². The van der Waals surface area contributed by atoms with Crippen LogP contribution in [-0.4, -0.2) is 21.7 Å². The van der Waals surface area contributed by atoms with Crippen molar-refractivity contribution in [1.82, 2.24) is 9.97 Å². The third kappa shape index (κ3) is 2.39. The molecule has 0 unspecified atom stereocenters. The van der Waals surface area contributed by atoms with Crippen LogP contribution < -0.4 is 0 Å². The second kappa shape index (κ2) is 4.72. The lowest BCUT2D eigenvalue weighted by atomic mass is 9.98. The van der Waals surface area contributed by atoms with E-state index in [0.29, 0.717) is 6.42 Å². The van der Waals surface area contributed by atoms with Gasteiger partial charge < -0.3 is 10.1 Å². The fraction of sp³-hybridized carbons (Fsp3) is 0.357. The summed E-state index contributed by atoms with van der Waals surface area (Å²) >= 11 is 0. The summed E-state index contributed by atoms with van der Waals surface area (Å²) in [7, 11) is 0. The molecular formula is C14H18N2O. The van der Waals surface area contributed by atoms with E-state index in [-0.39, 0.29) is 6.61 Å². The number of imidazole rings is 1. The number of aromatic nitrogens is 2. The number of nitrogens with zero attached hydrogens (tertiary/aromatic N) is 1. The second-order valence-electron chi connectivity index (χ2n) is 4.49. The molecule has 2 aromatic rings. The maximum atomic E-state index is 8.89. The van der Waals surface area contributed by atoms with Gasteiger partial charge in [0.15, 0.2) is 0 Å². The van der Waals surface area contributed by atoms with Crippen molar-refractivity contribution in [2.45, 2.75) is 27.2 Å². The molecule has 0 amide bonds. The number of aromatic amines is 1. The van der Waals surface area contributed by atoms with Gasteiger partial charge in [-0.3, -0.25) is 0 Å². The predicted molar refractivity (Wildman–Crippen MR) is 69.0 cm³/mol. The van der Waals surface area contributed by atoms with Crippen LogP contribution in [0.2, 0.25) is 0 Å². The Bertz CT molecular complexity index is 506. The third-order valence-corrected chi connectivity index (χ3v) is 2.92. The molecule has 1 aromatic carbocycles. The molecule has 0 spiro atoms. The van der Waals surface area contributed by atoms with Crippen LogP contribution in [0.25, 0.3) is 11.3 Å². The molecule has 3 nitrogen and oxygen atoms in total. The fourth-order valence-electron chi connectivity index (χ4n) is 2.33. The van der Waals surface area contributed by atoms with E-state index in [9.17, 15) is 0 Å². The molecule has 0 aliphatic heterocycles. The Hall–Kier alpha value is -1.61. The normalized spacial score (nSPS) is 10.8. The van der Waals surface area contributed by atoms with E-state index in [2.05, 4.69) is 42.9 Å². The van der Waals surface area contributed by atoms with Crippen molar-refractivity contribution in [2.24, 2.45) is 0 Å². The van der Waals surface area contributed by atoms with Crippen LogP contribution in [-0.2, 0) is 6.42 Å². The highest BCUT2D eigenvalue weighted by molar-refractivity contribution is 5.67. The zero-order valence-electron chi connectivity index (χ0n) is 10.5. The van der Waals surface area contributed by atoms with E-state index in [1.807, 2.05) is 6.20 Å². The molecule has 0 aliphatic rings. The number of nitrogens with one attached hydrogen (secondary N) is 1. The first-order valence-corrected chi connectivity index (χ1v) is 5.84. The van der Waals surface area contributed by atoms with Crippen LogP contribution in [0.4, 0.5) is 0 Å². The number of aliphatic hydroxyl groups is 1. The van der Waals surface area contributed by atoms with Crippen LogP contribution in [0, 0.1) is 20.8 Å². The van der Waals surface area contributed by atoms with E-state index in [4.69, 9.17) is 5.11 Å². The number of hydrogen-bond donors (Lipinski definition) is 2. The molecule has 0 saturated heterocycles. The van der Waals surface area contributed by atoms with Gasteiger partial charge in [-0.15, -0.1) is 0 Å². The molecular weight excluding hydrogens is 212 g/mol. The monoisotopic (exact) mass is 230 g/mol. The third-order valence-electron chi connectivity index (χ3n) is 2.92. The highest BCUT2D eigenvalue weighted by Gasteiger charge is 2.09. The Morgan fingerprint density at radius 1 is 1.18 bits per heavy atom. The Labute approximate surface area is 102 Å². The lowest BCUT2D eigenvalue weighted by Gasteiger charge is -2.09. The quantitative estimate of drug-likeness (QED) is 0.851. The average Bonchev–Trinajstić information content (AvgIpc) is 2.65. The van der Waals surface area contributed by atoms with Crippen molar-refractivity contribution < 1.29 is 5.11 Å². The fourth-order valence-corrected chi connectivity index (χ4v) is 2.33. The number of aliphatic hydroxyl groups excluding tert-OH is 1. The largest absolute Gasteiger partial charge is 0.396 e. The van der Waals surface area contributed by atoms with E-state index < -0.39 is 0 Å². The van der Waals surface area contributed by atoms with Gasteiger partial charge in [0.25, 0.3) is 0 Å². The summed E-state index contributed by atoms with van der Waals surface area (Å²) in [5, 5.41) is 8.89. The SMILES string of the molecule is Cc1cc(C)c(-c2cnc(CCO)[nH]2)c(C)c1. The number of rotatable bonds is 3. The molecule has 0 fully saturated rings. The molecule has 0 saturated carbocycles. The predicted octanol–water partition coefficient (Wildman–Crippen LogP) is 2.54. The van der Waals surface area contributed by atoms with Crippen molar-refractivity contribution in [3.05, 3.63) is 40.8 Å². The van der Waals surface area contributed by atoms with E-state index in [1.54, 1.807) is 0 Å². The summed E-state index contributed by atoms with van der Waals surface area (Å²) in [4.78, 5) is 7.53. The van der Waals surface area contributed by atoms with Crippen LogP contribution in [0.1, 0.15) is 22.5 Å². The summed E-state index contributed by atoms with van der Waals surface area (Å²) in [5.74, 6) is 0.835. The summed E-state index contributed by atoms with van der Waals surface area (Å²) in [5.41, 5.74) is 6.03. The van der Waals surface area contributed by atoms with Crippen molar-refractivity contribution in [3.8, 4) is 11.3 Å². The van der Waals surface area contributed by atoms with E-state index in [0.717, 1.165) is 11.5 Å².